The third-order valence-electron chi connectivity index (χ3n) is 3.75. The number of benzene rings is 2. The van der Waals surface area contributed by atoms with Gasteiger partial charge in [-0.05, 0) is 36.2 Å². The van der Waals surface area contributed by atoms with E-state index in [2.05, 4.69) is 15.0 Å². The number of hydrogen-bond acceptors (Lipinski definition) is 3. The third kappa shape index (κ3) is 2.69. The first kappa shape index (κ1) is 10.6. The zero-order chi connectivity index (χ0) is 18.1. The van der Waals surface area contributed by atoms with Gasteiger partial charge in [-0.15, -0.1) is 0 Å². The summed E-state index contributed by atoms with van der Waals surface area (Å²) < 4.78 is 22.6. The van der Waals surface area contributed by atoms with Gasteiger partial charge in [0.25, 0.3) is 0 Å². The Balaban J connectivity index is 1.79. The molecular weight excluding hydrogens is 282 g/mol. The molecule has 0 atom stereocenters. The minimum atomic E-state index is -2.21. The number of aromatic nitrogens is 3. The average molecular weight is 300 g/mol. The van der Waals surface area contributed by atoms with E-state index >= 15 is 0 Å². The van der Waals surface area contributed by atoms with E-state index in [1.54, 1.807) is 30.7 Å². The normalized spacial score (nSPS) is 13.3. The maximum Gasteiger partial charge on any atom is 0.0885 e. The van der Waals surface area contributed by atoms with Crippen molar-refractivity contribution in [2.75, 3.05) is 0 Å². The van der Waals surface area contributed by atoms with Crippen molar-refractivity contribution in [3.8, 4) is 22.4 Å². The third-order valence-corrected chi connectivity index (χ3v) is 3.75. The van der Waals surface area contributed by atoms with Crippen LogP contribution in [-0.2, 0) is 0 Å². The lowest BCUT2D eigenvalue weighted by atomic mass is 10.0. The van der Waals surface area contributed by atoms with Crippen molar-refractivity contribution in [3.63, 3.8) is 0 Å². The van der Waals surface area contributed by atoms with Crippen molar-refractivity contribution in [2.45, 2.75) is 6.85 Å². The van der Waals surface area contributed by atoms with Crippen LogP contribution in [-0.4, -0.2) is 15.0 Å². The van der Waals surface area contributed by atoms with Gasteiger partial charge in [0.1, 0.15) is 0 Å². The van der Waals surface area contributed by atoms with Crippen LogP contribution in [0.3, 0.4) is 0 Å². The number of hydrogen-bond donors (Lipinski definition) is 0. The summed E-state index contributed by atoms with van der Waals surface area (Å²) in [5.41, 5.74) is 4.53. The summed E-state index contributed by atoms with van der Waals surface area (Å²) in [5, 5.41) is 0.909. The topological polar surface area (TPSA) is 38.7 Å². The number of pyridine rings is 1. The van der Waals surface area contributed by atoms with E-state index < -0.39 is 6.85 Å². The summed E-state index contributed by atoms with van der Waals surface area (Å²) in [6, 6.07) is 17.2. The van der Waals surface area contributed by atoms with Gasteiger partial charge < -0.3 is 0 Å². The molecule has 3 nitrogen and oxygen atoms in total. The Hall–Kier alpha value is -3.07. The molecule has 4 aromatic rings. The second kappa shape index (κ2) is 5.61. The van der Waals surface area contributed by atoms with E-state index in [0.29, 0.717) is 5.52 Å². The summed E-state index contributed by atoms with van der Waals surface area (Å²) in [5.74, 6) is 0. The molecule has 0 saturated heterocycles. The lowest BCUT2D eigenvalue weighted by Crippen LogP contribution is -1.87. The fraction of sp³-hybridized carbons (Fsp3) is 0.0500. The van der Waals surface area contributed by atoms with Crippen LogP contribution in [0.2, 0.25) is 0 Å². The summed E-state index contributed by atoms with van der Waals surface area (Å²) in [6.07, 6.45) is 5.03. The van der Waals surface area contributed by atoms with Crippen molar-refractivity contribution in [1.82, 2.24) is 15.0 Å². The van der Waals surface area contributed by atoms with Crippen molar-refractivity contribution in [3.05, 3.63) is 78.9 Å². The van der Waals surface area contributed by atoms with Crippen LogP contribution in [0.4, 0.5) is 0 Å². The van der Waals surface area contributed by atoms with E-state index in [1.807, 2.05) is 42.5 Å². The minimum Gasteiger partial charge on any atom is -0.261 e. The molecule has 2 aromatic heterocycles. The van der Waals surface area contributed by atoms with Gasteiger partial charge in [0.05, 0.1) is 17.4 Å². The van der Waals surface area contributed by atoms with Crippen LogP contribution in [0.15, 0.2) is 73.2 Å². The molecule has 0 spiro atoms. The molecule has 0 N–H and O–H groups in total. The van der Waals surface area contributed by atoms with Crippen LogP contribution < -0.4 is 0 Å². The quantitative estimate of drug-likeness (QED) is 0.540. The molecule has 3 heteroatoms. The van der Waals surface area contributed by atoms with Gasteiger partial charge >= 0.3 is 0 Å². The van der Waals surface area contributed by atoms with Gasteiger partial charge in [-0.2, -0.15) is 0 Å². The first-order valence-electron chi connectivity index (χ1n) is 8.79. The van der Waals surface area contributed by atoms with Gasteiger partial charge in [0, 0.05) is 33.1 Å². The van der Waals surface area contributed by atoms with Gasteiger partial charge in [0.15, 0.2) is 0 Å². The number of aryl methyl sites for hydroxylation is 1. The molecule has 2 aromatic carbocycles. The molecule has 0 unspecified atom stereocenters. The Labute approximate surface area is 138 Å². The molecule has 0 aliphatic heterocycles. The van der Waals surface area contributed by atoms with Gasteiger partial charge in [-0.1, -0.05) is 36.4 Å². The Morgan fingerprint density at radius 3 is 2.61 bits per heavy atom. The van der Waals surface area contributed by atoms with E-state index in [1.165, 1.54) is 0 Å². The highest BCUT2D eigenvalue weighted by Crippen LogP contribution is 2.27. The van der Waals surface area contributed by atoms with Crippen molar-refractivity contribution >= 4 is 10.9 Å². The molecule has 0 radical (unpaired) electrons. The first-order chi connectivity index (χ1) is 12.5. The molecule has 0 bridgehead atoms. The standard InChI is InChI=1S/C20H15N3/c1-14-5-6-15-7-8-17(12-19(15)23-14)16-3-2-4-18(11-16)20-13-21-9-10-22-20/h2-13H,1H3/i1D3. The average Bonchev–Trinajstić information content (AvgIpc) is 2.67. The van der Waals surface area contributed by atoms with Crippen molar-refractivity contribution in [1.29, 1.82) is 0 Å². The largest absolute Gasteiger partial charge is 0.261 e. The zero-order valence-corrected chi connectivity index (χ0v) is 12.3. The second-order valence-corrected chi connectivity index (χ2v) is 5.28. The predicted octanol–water partition coefficient (Wildman–Crippen LogP) is 4.67. The minimum absolute atomic E-state index is 0.107. The highest BCUT2D eigenvalue weighted by atomic mass is 14.8. The fourth-order valence-corrected chi connectivity index (χ4v) is 2.60. The summed E-state index contributed by atoms with van der Waals surface area (Å²) in [6.45, 7) is -2.21. The molecule has 4 rings (SSSR count). The zero-order valence-electron chi connectivity index (χ0n) is 15.3. The molecule has 23 heavy (non-hydrogen) atoms. The first-order valence-corrected chi connectivity index (χ1v) is 7.29. The van der Waals surface area contributed by atoms with Gasteiger partial charge in [0.2, 0.25) is 0 Å². The maximum absolute atomic E-state index is 7.55. The Kier molecular flexibility index (Phi) is 2.59. The van der Waals surface area contributed by atoms with E-state index in [0.717, 1.165) is 27.8 Å². The van der Waals surface area contributed by atoms with Crippen molar-refractivity contribution < 1.29 is 4.11 Å². The molecular formula is C20H15N3. The number of nitrogens with zero attached hydrogens (tertiary/aromatic N) is 3. The van der Waals surface area contributed by atoms with E-state index in [-0.39, 0.29) is 5.69 Å². The fourth-order valence-electron chi connectivity index (χ4n) is 2.60. The Bertz CT molecular complexity index is 1080. The molecule has 0 amide bonds. The van der Waals surface area contributed by atoms with E-state index in [9.17, 15) is 0 Å². The van der Waals surface area contributed by atoms with Crippen molar-refractivity contribution in [2.24, 2.45) is 0 Å². The molecule has 2 heterocycles. The molecule has 110 valence electrons. The maximum atomic E-state index is 7.55. The molecule has 0 aliphatic rings. The monoisotopic (exact) mass is 300 g/mol. The van der Waals surface area contributed by atoms with E-state index in [4.69, 9.17) is 4.11 Å². The molecule has 0 fully saturated rings. The lowest BCUT2D eigenvalue weighted by Gasteiger charge is -2.07. The van der Waals surface area contributed by atoms with Gasteiger partial charge in [-0.25, -0.2) is 0 Å². The Morgan fingerprint density at radius 2 is 1.74 bits per heavy atom. The lowest BCUT2D eigenvalue weighted by molar-refractivity contribution is 1.21. The predicted molar refractivity (Wildman–Crippen MR) is 92.9 cm³/mol. The highest BCUT2D eigenvalue weighted by molar-refractivity contribution is 5.85. The molecule has 0 saturated carbocycles. The summed E-state index contributed by atoms with van der Waals surface area (Å²) in [4.78, 5) is 12.8. The van der Waals surface area contributed by atoms with Gasteiger partial charge in [-0.3, -0.25) is 15.0 Å². The molecule has 0 aliphatic carbocycles. The summed E-state index contributed by atoms with van der Waals surface area (Å²) in [7, 11) is 0. The van der Waals surface area contributed by atoms with Crippen LogP contribution in [0, 0.1) is 6.85 Å². The second-order valence-electron chi connectivity index (χ2n) is 5.28. The van der Waals surface area contributed by atoms with Crippen LogP contribution in [0.1, 0.15) is 9.81 Å². The number of fused-ring (bicyclic) bond motifs is 1. The summed E-state index contributed by atoms with van der Waals surface area (Å²) >= 11 is 0. The number of rotatable bonds is 2. The Morgan fingerprint density at radius 1 is 0.870 bits per heavy atom. The highest BCUT2D eigenvalue weighted by Gasteiger charge is 2.04. The van der Waals surface area contributed by atoms with Crippen LogP contribution >= 0.6 is 0 Å². The van der Waals surface area contributed by atoms with Crippen LogP contribution in [0.5, 0.6) is 0 Å². The van der Waals surface area contributed by atoms with Crippen LogP contribution in [0.25, 0.3) is 33.3 Å². The smallest absolute Gasteiger partial charge is 0.0885 e. The SMILES string of the molecule is [2H]C([2H])([2H])c1ccc2ccc(-c3cccc(-c4cnccn4)c3)cc2n1.